The van der Waals surface area contributed by atoms with Gasteiger partial charge in [0.05, 0.1) is 13.4 Å². The summed E-state index contributed by atoms with van der Waals surface area (Å²) in [7, 11) is -1.56. The zero-order valence-corrected chi connectivity index (χ0v) is 17.3. The molecule has 0 radical (unpaired) electrons. The van der Waals surface area contributed by atoms with E-state index in [1.165, 1.54) is 24.7 Å². The van der Waals surface area contributed by atoms with Crippen molar-refractivity contribution in [1.29, 1.82) is 0 Å². The normalized spacial score (nSPS) is 27.4. The van der Waals surface area contributed by atoms with Crippen molar-refractivity contribution in [3.8, 4) is 5.75 Å². The number of hydrogen-bond acceptors (Lipinski definition) is 5. The molecule has 1 heterocycles. The number of hydrogen-bond donors (Lipinski definition) is 3. The quantitative estimate of drug-likeness (QED) is 0.656. The number of piperidine rings is 1. The van der Waals surface area contributed by atoms with Crippen LogP contribution in [0.2, 0.25) is 0 Å². The van der Waals surface area contributed by atoms with Gasteiger partial charge >= 0.3 is 0 Å². The Balaban J connectivity index is 1.71. The summed E-state index contributed by atoms with van der Waals surface area (Å²) in [6, 6.07) is 9.22. The summed E-state index contributed by atoms with van der Waals surface area (Å²) >= 11 is 0. The summed E-state index contributed by atoms with van der Waals surface area (Å²) in [4.78, 5) is 0. The first kappa shape index (κ1) is 20.6. The van der Waals surface area contributed by atoms with E-state index >= 15 is 0 Å². The molecule has 0 bridgehead atoms. The van der Waals surface area contributed by atoms with E-state index in [1.54, 1.807) is 7.11 Å². The third kappa shape index (κ3) is 5.67. The molecule has 0 unspecified atom stereocenters. The van der Waals surface area contributed by atoms with Gasteiger partial charge in [-0.15, -0.1) is 0 Å². The van der Waals surface area contributed by atoms with Gasteiger partial charge in [0.15, 0.2) is 0 Å². The van der Waals surface area contributed by atoms with E-state index in [0.717, 1.165) is 44.5 Å². The molecule has 1 saturated heterocycles. The molecule has 27 heavy (non-hydrogen) atoms. The molecular weight excluding hydrogens is 362 g/mol. The van der Waals surface area contributed by atoms with Crippen molar-refractivity contribution >= 4 is 10.0 Å². The zero-order chi connectivity index (χ0) is 19.3. The summed E-state index contributed by atoms with van der Waals surface area (Å²) in [5.74, 6) is 0.821. The Morgan fingerprint density at radius 3 is 2.44 bits per heavy atom. The Morgan fingerprint density at radius 2 is 1.81 bits per heavy atom. The van der Waals surface area contributed by atoms with Crippen LogP contribution in [0, 0.1) is 0 Å². The van der Waals surface area contributed by atoms with Crippen LogP contribution in [-0.2, 0) is 15.4 Å². The molecule has 0 amide bonds. The van der Waals surface area contributed by atoms with Crippen LogP contribution in [0.25, 0.3) is 0 Å². The minimum atomic E-state index is -3.23. The molecule has 0 spiro atoms. The van der Waals surface area contributed by atoms with E-state index in [4.69, 9.17) is 4.74 Å². The molecule has 3 N–H and O–H groups in total. The van der Waals surface area contributed by atoms with E-state index in [1.807, 2.05) is 12.1 Å². The monoisotopic (exact) mass is 395 g/mol. The van der Waals surface area contributed by atoms with Crippen LogP contribution >= 0.6 is 0 Å². The van der Waals surface area contributed by atoms with Gasteiger partial charge in [0.2, 0.25) is 10.0 Å². The molecule has 7 heteroatoms. The highest BCUT2D eigenvalue weighted by Crippen LogP contribution is 2.40. The molecule has 152 valence electrons. The number of nitrogens with one attached hydrogen (secondary N) is 3. The van der Waals surface area contributed by atoms with Crippen molar-refractivity contribution in [3.05, 3.63) is 29.8 Å². The third-order valence-corrected chi connectivity index (χ3v) is 6.78. The molecule has 2 aliphatic rings. The molecule has 0 aromatic heterocycles. The average molecular weight is 396 g/mol. The average Bonchev–Trinajstić information content (AvgIpc) is 2.68. The minimum absolute atomic E-state index is 0.177. The largest absolute Gasteiger partial charge is 0.497 e. The van der Waals surface area contributed by atoms with Crippen molar-refractivity contribution in [2.24, 2.45) is 0 Å². The highest BCUT2D eigenvalue weighted by molar-refractivity contribution is 7.88. The summed E-state index contributed by atoms with van der Waals surface area (Å²) in [6.45, 7) is 2.63. The van der Waals surface area contributed by atoms with Gasteiger partial charge in [0.1, 0.15) is 5.75 Å². The van der Waals surface area contributed by atoms with Gasteiger partial charge in [-0.3, -0.25) is 0 Å². The Hall–Kier alpha value is -1.15. The lowest BCUT2D eigenvalue weighted by Gasteiger charge is -2.42. The molecule has 1 aromatic rings. The van der Waals surface area contributed by atoms with Crippen molar-refractivity contribution in [3.63, 3.8) is 0 Å². The van der Waals surface area contributed by atoms with E-state index in [0.29, 0.717) is 18.6 Å². The highest BCUT2D eigenvalue weighted by atomic mass is 32.2. The van der Waals surface area contributed by atoms with Gasteiger partial charge in [-0.2, -0.15) is 0 Å². The Kier molecular flexibility index (Phi) is 6.78. The number of benzene rings is 1. The fourth-order valence-electron chi connectivity index (χ4n) is 4.45. The van der Waals surface area contributed by atoms with Crippen LogP contribution in [0.4, 0.5) is 0 Å². The molecule has 2 fully saturated rings. The second kappa shape index (κ2) is 8.90. The van der Waals surface area contributed by atoms with Gasteiger partial charge < -0.3 is 15.4 Å². The first-order valence-corrected chi connectivity index (χ1v) is 11.9. The first-order valence-electron chi connectivity index (χ1n) is 9.96. The summed E-state index contributed by atoms with van der Waals surface area (Å²) < 4.78 is 31.7. The maximum atomic E-state index is 11.7. The predicted molar refractivity (Wildman–Crippen MR) is 109 cm³/mol. The SMILES string of the molecule is COc1cccc(C2(CNS(C)(=O)=O)CCC(NC3CCNCC3)CC2)c1. The maximum absolute atomic E-state index is 11.7. The van der Waals surface area contributed by atoms with Gasteiger partial charge in [-0.05, 0) is 69.3 Å². The van der Waals surface area contributed by atoms with Gasteiger partial charge in [-0.1, -0.05) is 12.1 Å². The number of sulfonamides is 1. The lowest BCUT2D eigenvalue weighted by molar-refractivity contribution is 0.224. The Labute approximate surface area is 163 Å². The van der Waals surface area contributed by atoms with Crippen LogP contribution < -0.4 is 20.1 Å². The maximum Gasteiger partial charge on any atom is 0.208 e. The van der Waals surface area contributed by atoms with Crippen LogP contribution in [0.1, 0.15) is 44.1 Å². The van der Waals surface area contributed by atoms with Crippen molar-refractivity contribution in [2.45, 2.75) is 56.0 Å². The third-order valence-electron chi connectivity index (χ3n) is 6.11. The zero-order valence-electron chi connectivity index (χ0n) is 16.5. The standard InChI is InChI=1S/C20H33N3O3S/c1-26-19-5-3-4-16(14-19)20(15-22-27(2,24)25)10-6-17(7-11-20)23-18-8-12-21-13-9-18/h3-5,14,17-18,21-23H,6-13,15H2,1-2H3. The van der Waals surface area contributed by atoms with Crippen LogP contribution in [0.15, 0.2) is 24.3 Å². The van der Waals surface area contributed by atoms with Crippen LogP contribution in [0.5, 0.6) is 5.75 Å². The fourth-order valence-corrected chi connectivity index (χ4v) is 4.99. The van der Waals surface area contributed by atoms with E-state index in [-0.39, 0.29) is 5.41 Å². The van der Waals surface area contributed by atoms with Crippen LogP contribution in [-0.4, -0.2) is 53.5 Å². The van der Waals surface area contributed by atoms with Crippen molar-refractivity contribution < 1.29 is 13.2 Å². The number of ether oxygens (including phenoxy) is 1. The van der Waals surface area contributed by atoms with Crippen molar-refractivity contribution in [2.75, 3.05) is 33.0 Å². The minimum Gasteiger partial charge on any atom is -0.497 e. The lowest BCUT2D eigenvalue weighted by atomic mass is 9.68. The Bertz CT molecular complexity index is 709. The Morgan fingerprint density at radius 1 is 1.15 bits per heavy atom. The topological polar surface area (TPSA) is 79.5 Å². The molecule has 0 atom stereocenters. The molecular formula is C20H33N3O3S. The molecule has 6 nitrogen and oxygen atoms in total. The number of methoxy groups -OCH3 is 1. The van der Waals surface area contributed by atoms with Gasteiger partial charge in [-0.25, -0.2) is 13.1 Å². The summed E-state index contributed by atoms with van der Waals surface area (Å²) in [5.41, 5.74) is 0.988. The second-order valence-corrected chi connectivity index (χ2v) is 9.90. The van der Waals surface area contributed by atoms with E-state index < -0.39 is 10.0 Å². The molecule has 1 aromatic carbocycles. The fraction of sp³-hybridized carbons (Fsp3) is 0.700. The molecule has 3 rings (SSSR count). The smallest absolute Gasteiger partial charge is 0.208 e. The lowest BCUT2D eigenvalue weighted by Crippen LogP contribution is -2.50. The summed E-state index contributed by atoms with van der Waals surface area (Å²) in [6.07, 6.45) is 7.66. The highest BCUT2D eigenvalue weighted by Gasteiger charge is 2.38. The molecule has 1 saturated carbocycles. The molecule has 1 aliphatic heterocycles. The van der Waals surface area contributed by atoms with Crippen LogP contribution in [0.3, 0.4) is 0 Å². The molecule has 1 aliphatic carbocycles. The number of rotatable bonds is 7. The predicted octanol–water partition coefficient (Wildman–Crippen LogP) is 1.77. The first-order chi connectivity index (χ1) is 12.9. The van der Waals surface area contributed by atoms with E-state index in [2.05, 4.69) is 27.5 Å². The summed E-state index contributed by atoms with van der Waals surface area (Å²) in [5, 5.41) is 7.25. The second-order valence-electron chi connectivity index (χ2n) is 8.07. The van der Waals surface area contributed by atoms with Crippen molar-refractivity contribution in [1.82, 2.24) is 15.4 Å². The van der Waals surface area contributed by atoms with Gasteiger partial charge in [0.25, 0.3) is 0 Å². The van der Waals surface area contributed by atoms with Gasteiger partial charge in [0, 0.05) is 24.0 Å². The van der Waals surface area contributed by atoms with E-state index in [9.17, 15) is 8.42 Å².